The van der Waals surface area contributed by atoms with Gasteiger partial charge in [0.15, 0.2) is 0 Å². The van der Waals surface area contributed by atoms with E-state index in [4.69, 9.17) is 17.3 Å². The molecule has 1 aromatic rings. The summed E-state index contributed by atoms with van der Waals surface area (Å²) in [7, 11) is 2.02. The normalized spacial score (nSPS) is 10.1. The Kier molecular flexibility index (Phi) is 3.43. The van der Waals surface area contributed by atoms with Crippen LogP contribution in [0.25, 0.3) is 0 Å². The molecule has 0 aliphatic rings. The van der Waals surface area contributed by atoms with Gasteiger partial charge >= 0.3 is 0 Å². The predicted octanol–water partition coefficient (Wildman–Crippen LogP) is 2.77. The highest BCUT2D eigenvalue weighted by molar-refractivity contribution is 6.33. The highest BCUT2D eigenvalue weighted by Crippen LogP contribution is 2.29. The number of halogens is 1. The van der Waals surface area contributed by atoms with Crippen LogP contribution in [-0.2, 0) is 0 Å². The summed E-state index contributed by atoms with van der Waals surface area (Å²) in [6.07, 6.45) is 1.10. The van der Waals surface area contributed by atoms with Gasteiger partial charge in [-0.15, -0.1) is 0 Å². The second-order valence-electron chi connectivity index (χ2n) is 3.09. The van der Waals surface area contributed by atoms with E-state index in [1.807, 2.05) is 19.2 Å². The van der Waals surface area contributed by atoms with Gasteiger partial charge < -0.3 is 10.6 Å². The molecule has 0 unspecified atom stereocenters. The third kappa shape index (κ3) is 2.28. The van der Waals surface area contributed by atoms with Crippen molar-refractivity contribution in [3.8, 4) is 0 Å². The van der Waals surface area contributed by atoms with Crippen LogP contribution in [0.2, 0.25) is 5.02 Å². The van der Waals surface area contributed by atoms with E-state index in [0.717, 1.165) is 18.7 Å². The summed E-state index contributed by atoms with van der Waals surface area (Å²) in [5, 5.41) is 0.625. The van der Waals surface area contributed by atoms with Crippen molar-refractivity contribution in [3.05, 3.63) is 23.2 Å². The fourth-order valence-corrected chi connectivity index (χ4v) is 1.48. The predicted molar refractivity (Wildman–Crippen MR) is 59.4 cm³/mol. The first kappa shape index (κ1) is 10.2. The largest absolute Gasteiger partial charge is 0.396 e. The number of para-hydroxylation sites is 1. The van der Waals surface area contributed by atoms with E-state index in [0.29, 0.717) is 10.7 Å². The lowest BCUT2D eigenvalue weighted by atomic mass is 10.2. The van der Waals surface area contributed by atoms with Crippen LogP contribution in [0.3, 0.4) is 0 Å². The molecule has 0 amide bonds. The minimum Gasteiger partial charge on any atom is -0.396 e. The van der Waals surface area contributed by atoms with Crippen LogP contribution in [0.15, 0.2) is 18.2 Å². The Hall–Kier alpha value is -0.890. The number of nitrogen functional groups attached to an aromatic ring is 1. The minimum absolute atomic E-state index is 0.625. The molecule has 0 saturated heterocycles. The van der Waals surface area contributed by atoms with E-state index < -0.39 is 0 Å². The van der Waals surface area contributed by atoms with Gasteiger partial charge in [-0.25, -0.2) is 0 Å². The van der Waals surface area contributed by atoms with E-state index in [-0.39, 0.29) is 0 Å². The van der Waals surface area contributed by atoms with Crippen molar-refractivity contribution < 1.29 is 0 Å². The molecule has 0 bridgehead atoms. The van der Waals surface area contributed by atoms with Gasteiger partial charge in [-0.05, 0) is 18.6 Å². The molecule has 0 spiro atoms. The third-order valence-corrected chi connectivity index (χ3v) is 2.33. The Morgan fingerprint density at radius 3 is 2.77 bits per heavy atom. The maximum Gasteiger partial charge on any atom is 0.0741 e. The Bertz CT molecular complexity index is 286. The second-order valence-corrected chi connectivity index (χ2v) is 3.50. The Labute approximate surface area is 84.3 Å². The first-order valence-corrected chi connectivity index (χ1v) is 4.79. The number of hydrogen-bond donors (Lipinski definition) is 1. The molecule has 0 heterocycles. The fourth-order valence-electron chi connectivity index (χ4n) is 1.31. The third-order valence-electron chi connectivity index (χ3n) is 2.00. The molecule has 0 saturated carbocycles. The molecule has 0 radical (unpaired) electrons. The van der Waals surface area contributed by atoms with Crippen molar-refractivity contribution in [1.82, 2.24) is 0 Å². The van der Waals surface area contributed by atoms with Crippen LogP contribution >= 0.6 is 11.6 Å². The summed E-state index contributed by atoms with van der Waals surface area (Å²) < 4.78 is 0. The van der Waals surface area contributed by atoms with Gasteiger partial charge in [-0.3, -0.25) is 0 Å². The molecule has 1 rings (SSSR count). The average Bonchev–Trinajstić information content (AvgIpc) is 2.10. The highest BCUT2D eigenvalue weighted by atomic mass is 35.5. The summed E-state index contributed by atoms with van der Waals surface area (Å²) in [6.45, 7) is 3.13. The zero-order valence-electron chi connectivity index (χ0n) is 8.05. The molecule has 2 nitrogen and oxygen atoms in total. The molecule has 0 aliphatic heterocycles. The molecule has 0 aliphatic carbocycles. The lowest BCUT2D eigenvalue weighted by Crippen LogP contribution is -2.19. The standard InChI is InChI=1S/C10H15ClN2/c1-3-7-13(2)9-6-4-5-8(11)10(9)12/h4-6H,3,7,12H2,1-2H3. The van der Waals surface area contributed by atoms with E-state index in [1.54, 1.807) is 6.07 Å². The zero-order chi connectivity index (χ0) is 9.84. The average molecular weight is 199 g/mol. The van der Waals surface area contributed by atoms with Crippen LogP contribution in [0.4, 0.5) is 11.4 Å². The number of anilines is 2. The quantitative estimate of drug-likeness (QED) is 0.757. The SMILES string of the molecule is CCCN(C)c1cccc(Cl)c1N. The topological polar surface area (TPSA) is 29.3 Å². The molecule has 0 atom stereocenters. The molecule has 72 valence electrons. The molecule has 13 heavy (non-hydrogen) atoms. The van der Waals surface area contributed by atoms with Gasteiger partial charge in [0, 0.05) is 13.6 Å². The lowest BCUT2D eigenvalue weighted by Gasteiger charge is -2.20. The van der Waals surface area contributed by atoms with E-state index in [2.05, 4.69) is 11.8 Å². The van der Waals surface area contributed by atoms with Crippen LogP contribution in [0, 0.1) is 0 Å². The fraction of sp³-hybridized carbons (Fsp3) is 0.400. The van der Waals surface area contributed by atoms with Crippen molar-refractivity contribution >= 4 is 23.0 Å². The number of rotatable bonds is 3. The summed E-state index contributed by atoms with van der Waals surface area (Å²) >= 11 is 5.91. The van der Waals surface area contributed by atoms with Gasteiger partial charge in [-0.2, -0.15) is 0 Å². The Morgan fingerprint density at radius 2 is 2.15 bits per heavy atom. The molecule has 0 fully saturated rings. The maximum absolute atomic E-state index is 5.91. The summed E-state index contributed by atoms with van der Waals surface area (Å²) in [4.78, 5) is 2.11. The van der Waals surface area contributed by atoms with Crippen molar-refractivity contribution in [2.24, 2.45) is 0 Å². The van der Waals surface area contributed by atoms with E-state index in [9.17, 15) is 0 Å². The molecular weight excluding hydrogens is 184 g/mol. The highest BCUT2D eigenvalue weighted by Gasteiger charge is 2.06. The number of hydrogen-bond acceptors (Lipinski definition) is 2. The first-order valence-electron chi connectivity index (χ1n) is 4.42. The van der Waals surface area contributed by atoms with Gasteiger partial charge in [0.1, 0.15) is 0 Å². The summed E-state index contributed by atoms with van der Waals surface area (Å²) in [6, 6.07) is 5.71. The Morgan fingerprint density at radius 1 is 1.46 bits per heavy atom. The summed E-state index contributed by atoms with van der Waals surface area (Å²) in [5.74, 6) is 0. The van der Waals surface area contributed by atoms with Crippen molar-refractivity contribution in [2.45, 2.75) is 13.3 Å². The monoisotopic (exact) mass is 198 g/mol. The van der Waals surface area contributed by atoms with Crippen LogP contribution in [0.5, 0.6) is 0 Å². The van der Waals surface area contributed by atoms with Crippen LogP contribution in [-0.4, -0.2) is 13.6 Å². The van der Waals surface area contributed by atoms with E-state index >= 15 is 0 Å². The lowest BCUT2D eigenvalue weighted by molar-refractivity contribution is 0.853. The Balaban J connectivity index is 2.93. The first-order chi connectivity index (χ1) is 6.16. The van der Waals surface area contributed by atoms with Crippen molar-refractivity contribution in [1.29, 1.82) is 0 Å². The summed E-state index contributed by atoms with van der Waals surface area (Å²) in [5.41, 5.74) is 7.52. The van der Waals surface area contributed by atoms with Gasteiger partial charge in [0.05, 0.1) is 16.4 Å². The zero-order valence-corrected chi connectivity index (χ0v) is 8.80. The number of nitrogens with zero attached hydrogens (tertiary/aromatic N) is 1. The van der Waals surface area contributed by atoms with Crippen molar-refractivity contribution in [3.63, 3.8) is 0 Å². The van der Waals surface area contributed by atoms with Gasteiger partial charge in [-0.1, -0.05) is 24.6 Å². The molecule has 0 aromatic heterocycles. The minimum atomic E-state index is 0.625. The van der Waals surface area contributed by atoms with Gasteiger partial charge in [0.2, 0.25) is 0 Å². The second kappa shape index (κ2) is 4.38. The van der Waals surface area contributed by atoms with Gasteiger partial charge in [0.25, 0.3) is 0 Å². The number of benzene rings is 1. The van der Waals surface area contributed by atoms with Crippen molar-refractivity contribution in [2.75, 3.05) is 24.2 Å². The molecule has 1 aromatic carbocycles. The van der Waals surface area contributed by atoms with Crippen LogP contribution in [0.1, 0.15) is 13.3 Å². The molecular formula is C10H15ClN2. The molecule has 3 heteroatoms. The maximum atomic E-state index is 5.91. The smallest absolute Gasteiger partial charge is 0.0741 e. The van der Waals surface area contributed by atoms with E-state index in [1.165, 1.54) is 0 Å². The van der Waals surface area contributed by atoms with Crippen LogP contribution < -0.4 is 10.6 Å². The number of nitrogens with two attached hydrogens (primary N) is 1. The molecule has 2 N–H and O–H groups in total.